The Balaban J connectivity index is 3.65. The Hall–Kier alpha value is -0.500. The molecule has 0 heterocycles. The molecule has 0 saturated carbocycles. The number of aliphatic hydroxyl groups is 1. The molecule has 0 rings (SSSR count). The van der Waals surface area contributed by atoms with Crippen LogP contribution in [-0.2, 0) is 23.7 Å². The van der Waals surface area contributed by atoms with E-state index in [1.165, 1.54) is 0 Å². The lowest BCUT2D eigenvalue weighted by Gasteiger charge is -2.10. The molecule has 1 unspecified atom stereocenters. The van der Waals surface area contributed by atoms with Crippen LogP contribution < -0.4 is 5.32 Å². The number of ether oxygens (including phenoxy) is 1. The van der Waals surface area contributed by atoms with Crippen molar-refractivity contribution < 1.29 is 33.7 Å². The predicted octanol–water partition coefficient (Wildman–Crippen LogP) is -0.778. The summed E-state index contributed by atoms with van der Waals surface area (Å²) in [5, 5.41) is 10.7. The largest absolute Gasteiger partial charge is 0.465 e. The molecule has 0 fully saturated rings. The second kappa shape index (κ2) is 8.63. The number of carbonyl (C=O) groups is 1. The van der Waals surface area contributed by atoms with Gasteiger partial charge < -0.3 is 14.7 Å². The Morgan fingerprint density at radius 1 is 1.50 bits per heavy atom. The molecule has 0 saturated heterocycles. The molecular formula is C7H16NO7P. The van der Waals surface area contributed by atoms with Crippen LogP contribution >= 0.6 is 7.60 Å². The molecule has 0 aromatic heterocycles. The molecular weight excluding hydrogens is 241 g/mol. The molecule has 1 atom stereocenters. The average molecular weight is 257 g/mol. The monoisotopic (exact) mass is 257 g/mol. The van der Waals surface area contributed by atoms with E-state index in [9.17, 15) is 9.36 Å². The van der Waals surface area contributed by atoms with E-state index in [1.54, 1.807) is 6.92 Å². The summed E-state index contributed by atoms with van der Waals surface area (Å²) in [6, 6.07) is 0. The van der Waals surface area contributed by atoms with E-state index in [4.69, 9.17) is 10.00 Å². The highest BCUT2D eigenvalue weighted by atomic mass is 31.2. The summed E-state index contributed by atoms with van der Waals surface area (Å²) in [4.78, 5) is 24.2. The van der Waals surface area contributed by atoms with Gasteiger partial charge in [-0.2, -0.15) is 0 Å². The van der Waals surface area contributed by atoms with Crippen molar-refractivity contribution in [2.24, 2.45) is 0 Å². The van der Waals surface area contributed by atoms with Gasteiger partial charge in [-0.25, -0.2) is 4.89 Å². The number of hydrogen-bond donors (Lipinski definition) is 3. The van der Waals surface area contributed by atoms with Crippen LogP contribution in [0.2, 0.25) is 0 Å². The zero-order valence-electron chi connectivity index (χ0n) is 8.92. The maximum absolute atomic E-state index is 11.1. The van der Waals surface area contributed by atoms with Gasteiger partial charge in [0.1, 0.15) is 12.9 Å². The summed E-state index contributed by atoms with van der Waals surface area (Å²) in [6.45, 7) is 1.18. The standard InChI is InChI=1S/C7H16NO7P/c1-2-13-7(10)5-8-6-16(11,12)15-14-4-3-9/h8-9H,2-6H2,1H3,(H,11,12). The second-order valence-corrected chi connectivity index (χ2v) is 4.39. The maximum atomic E-state index is 11.1. The molecule has 0 aliphatic rings. The Morgan fingerprint density at radius 2 is 2.19 bits per heavy atom. The van der Waals surface area contributed by atoms with Gasteiger partial charge in [-0.3, -0.25) is 14.7 Å². The van der Waals surface area contributed by atoms with E-state index in [0.717, 1.165) is 0 Å². The van der Waals surface area contributed by atoms with Gasteiger partial charge in [0.2, 0.25) is 0 Å². The summed E-state index contributed by atoms with van der Waals surface area (Å²) in [5.41, 5.74) is 0. The normalized spacial score (nSPS) is 14.4. The third kappa shape index (κ3) is 8.78. The Bertz CT molecular complexity index is 247. The summed E-state index contributed by atoms with van der Waals surface area (Å²) in [7, 11) is -3.95. The van der Waals surface area contributed by atoms with Gasteiger partial charge in [-0.1, -0.05) is 0 Å². The van der Waals surface area contributed by atoms with Crippen molar-refractivity contribution in [3.8, 4) is 0 Å². The van der Waals surface area contributed by atoms with Gasteiger partial charge in [0.15, 0.2) is 0 Å². The number of nitrogens with one attached hydrogen (secondary N) is 1. The first-order valence-electron chi connectivity index (χ1n) is 4.62. The van der Waals surface area contributed by atoms with Crippen LogP contribution in [0.5, 0.6) is 0 Å². The molecule has 3 N–H and O–H groups in total. The SMILES string of the molecule is CCOC(=O)CNCP(=O)(O)OOCCO. The molecule has 8 nitrogen and oxygen atoms in total. The van der Waals surface area contributed by atoms with Gasteiger partial charge >= 0.3 is 13.6 Å². The zero-order valence-corrected chi connectivity index (χ0v) is 9.81. The fourth-order valence-electron chi connectivity index (χ4n) is 0.695. The van der Waals surface area contributed by atoms with Crippen molar-refractivity contribution >= 4 is 13.6 Å². The first kappa shape index (κ1) is 15.5. The zero-order chi connectivity index (χ0) is 12.4. The summed E-state index contributed by atoms with van der Waals surface area (Å²) < 4.78 is 19.9. The topological polar surface area (TPSA) is 114 Å². The second-order valence-electron chi connectivity index (χ2n) is 2.65. The fraction of sp³-hybridized carbons (Fsp3) is 0.857. The summed E-state index contributed by atoms with van der Waals surface area (Å²) in [5.74, 6) is -0.529. The fourth-order valence-corrected chi connectivity index (χ4v) is 1.38. The molecule has 96 valence electrons. The van der Waals surface area contributed by atoms with Gasteiger partial charge in [0.05, 0.1) is 19.8 Å². The lowest BCUT2D eigenvalue weighted by Crippen LogP contribution is -2.26. The molecule has 0 spiro atoms. The smallest absolute Gasteiger partial charge is 0.368 e. The van der Waals surface area contributed by atoms with Crippen LogP contribution in [0.25, 0.3) is 0 Å². The average Bonchev–Trinajstić information content (AvgIpc) is 2.18. The van der Waals surface area contributed by atoms with E-state index in [-0.39, 0.29) is 26.4 Å². The molecule has 0 aromatic rings. The van der Waals surface area contributed by atoms with Crippen LogP contribution in [0.3, 0.4) is 0 Å². The molecule has 0 aromatic carbocycles. The van der Waals surface area contributed by atoms with Crippen LogP contribution in [0.1, 0.15) is 6.92 Å². The van der Waals surface area contributed by atoms with E-state index in [2.05, 4.69) is 19.6 Å². The van der Waals surface area contributed by atoms with Gasteiger partial charge in [-0.15, -0.1) is 4.67 Å². The lowest BCUT2D eigenvalue weighted by atomic mass is 10.6. The van der Waals surface area contributed by atoms with E-state index in [1.807, 2.05) is 0 Å². The van der Waals surface area contributed by atoms with Crippen molar-refractivity contribution in [1.29, 1.82) is 0 Å². The Labute approximate surface area is 93.0 Å². The molecule has 9 heteroatoms. The number of rotatable bonds is 9. The first-order valence-corrected chi connectivity index (χ1v) is 6.38. The van der Waals surface area contributed by atoms with Crippen LogP contribution in [-0.4, -0.2) is 48.6 Å². The molecule has 0 amide bonds. The first-order chi connectivity index (χ1) is 7.52. The van der Waals surface area contributed by atoms with E-state index >= 15 is 0 Å². The highest BCUT2D eigenvalue weighted by Crippen LogP contribution is 2.40. The minimum atomic E-state index is -3.95. The molecule has 0 bridgehead atoms. The van der Waals surface area contributed by atoms with Gasteiger partial charge in [0.25, 0.3) is 0 Å². The van der Waals surface area contributed by atoms with Crippen LogP contribution in [0.15, 0.2) is 0 Å². The Morgan fingerprint density at radius 3 is 2.75 bits per heavy atom. The molecule has 0 aliphatic heterocycles. The van der Waals surface area contributed by atoms with E-state index < -0.39 is 19.9 Å². The summed E-state index contributed by atoms with van der Waals surface area (Å²) in [6.07, 6.45) is -0.447. The summed E-state index contributed by atoms with van der Waals surface area (Å²) >= 11 is 0. The van der Waals surface area contributed by atoms with Crippen LogP contribution in [0.4, 0.5) is 0 Å². The third-order valence-corrected chi connectivity index (χ3v) is 2.19. The number of carbonyl (C=O) groups excluding carboxylic acids is 1. The third-order valence-electron chi connectivity index (χ3n) is 1.23. The molecule has 0 aliphatic carbocycles. The van der Waals surface area contributed by atoms with E-state index in [0.29, 0.717) is 0 Å². The van der Waals surface area contributed by atoms with Crippen molar-refractivity contribution in [3.63, 3.8) is 0 Å². The van der Waals surface area contributed by atoms with Crippen molar-refractivity contribution in [3.05, 3.63) is 0 Å². The molecule has 16 heavy (non-hydrogen) atoms. The van der Waals surface area contributed by atoms with Crippen molar-refractivity contribution in [1.82, 2.24) is 5.32 Å². The Kier molecular flexibility index (Phi) is 8.36. The predicted molar refractivity (Wildman–Crippen MR) is 53.5 cm³/mol. The minimum absolute atomic E-state index is 0.193. The molecule has 0 radical (unpaired) electrons. The number of hydrogen-bond acceptors (Lipinski definition) is 7. The van der Waals surface area contributed by atoms with Crippen molar-refractivity contribution in [2.45, 2.75) is 6.92 Å². The number of aliphatic hydroxyl groups excluding tert-OH is 1. The highest BCUT2D eigenvalue weighted by molar-refractivity contribution is 7.52. The van der Waals surface area contributed by atoms with Crippen LogP contribution in [0, 0.1) is 0 Å². The number of esters is 1. The van der Waals surface area contributed by atoms with Gasteiger partial charge in [0, 0.05) is 0 Å². The highest BCUT2D eigenvalue weighted by Gasteiger charge is 2.20. The minimum Gasteiger partial charge on any atom is -0.465 e. The quantitative estimate of drug-likeness (QED) is 0.162. The maximum Gasteiger partial charge on any atom is 0.368 e. The van der Waals surface area contributed by atoms with Crippen molar-refractivity contribution in [2.75, 3.05) is 32.7 Å². The lowest BCUT2D eigenvalue weighted by molar-refractivity contribution is -0.218. The van der Waals surface area contributed by atoms with Gasteiger partial charge in [-0.05, 0) is 6.92 Å².